The smallest absolute Gasteiger partial charge is 0.191 e. The molecule has 2 aliphatic heterocycles. The predicted octanol–water partition coefficient (Wildman–Crippen LogP) is 1.61. The third-order valence-corrected chi connectivity index (χ3v) is 5.75. The van der Waals surface area contributed by atoms with Gasteiger partial charge in [-0.05, 0) is 71.5 Å². The molecule has 2 fully saturated rings. The van der Waals surface area contributed by atoms with Crippen molar-refractivity contribution in [2.45, 2.75) is 32.2 Å². The molecule has 2 saturated heterocycles. The Morgan fingerprint density at radius 3 is 2.71 bits per heavy atom. The Bertz CT molecular complexity index is 569. The Morgan fingerprint density at radius 2 is 1.96 bits per heavy atom. The summed E-state index contributed by atoms with van der Waals surface area (Å²) in [6.45, 7) is 12.7. The third kappa shape index (κ3) is 6.50. The fourth-order valence-electron chi connectivity index (χ4n) is 4.10. The molecule has 0 radical (unpaired) electrons. The largest absolute Gasteiger partial charge is 0.468 e. The van der Waals surface area contributed by atoms with Gasteiger partial charge in [0.15, 0.2) is 5.96 Å². The van der Waals surface area contributed by atoms with E-state index in [1.54, 1.807) is 6.26 Å². The van der Waals surface area contributed by atoms with Gasteiger partial charge in [0.2, 0.25) is 0 Å². The van der Waals surface area contributed by atoms with E-state index in [1.807, 2.05) is 6.07 Å². The Hall–Kier alpha value is -1.57. The number of rotatable bonds is 8. The van der Waals surface area contributed by atoms with Crippen LogP contribution in [-0.2, 0) is 0 Å². The Morgan fingerprint density at radius 1 is 1.11 bits per heavy atom. The van der Waals surface area contributed by atoms with Crippen molar-refractivity contribution in [1.29, 1.82) is 0 Å². The lowest BCUT2D eigenvalue weighted by Gasteiger charge is -2.25. The first-order valence-electron chi connectivity index (χ1n) is 11.0. The monoisotopic (exact) mass is 390 g/mol. The Labute approximate surface area is 170 Å². The number of guanidine groups is 1. The molecular formula is C21H38N6O. The van der Waals surface area contributed by atoms with Crippen molar-refractivity contribution in [3.8, 4) is 0 Å². The Balaban J connectivity index is 1.52. The molecule has 0 spiro atoms. The van der Waals surface area contributed by atoms with Crippen molar-refractivity contribution in [2.24, 2.45) is 4.99 Å². The van der Waals surface area contributed by atoms with Crippen molar-refractivity contribution >= 4 is 5.96 Å². The number of likely N-dealkylation sites (N-methyl/N-ethyl adjacent to an activating group) is 1. The maximum atomic E-state index is 5.72. The van der Waals surface area contributed by atoms with E-state index in [9.17, 15) is 0 Å². The highest BCUT2D eigenvalue weighted by Crippen LogP contribution is 2.25. The lowest BCUT2D eigenvalue weighted by Crippen LogP contribution is -2.42. The normalized spacial score (nSPS) is 21.6. The van der Waals surface area contributed by atoms with E-state index in [1.165, 1.54) is 32.4 Å². The van der Waals surface area contributed by atoms with Crippen molar-refractivity contribution in [3.05, 3.63) is 24.2 Å². The van der Waals surface area contributed by atoms with Gasteiger partial charge in [-0.25, -0.2) is 0 Å². The summed E-state index contributed by atoms with van der Waals surface area (Å²) in [7, 11) is 2.22. The number of furan rings is 1. The molecule has 2 N–H and O–H groups in total. The van der Waals surface area contributed by atoms with Crippen LogP contribution < -0.4 is 10.6 Å². The highest BCUT2D eigenvalue weighted by atomic mass is 16.3. The van der Waals surface area contributed by atoms with Crippen LogP contribution in [0, 0.1) is 0 Å². The Kier molecular flexibility index (Phi) is 8.64. The summed E-state index contributed by atoms with van der Waals surface area (Å²) in [5, 5.41) is 6.92. The molecule has 1 atom stereocenters. The fraction of sp³-hybridized carbons (Fsp3) is 0.762. The summed E-state index contributed by atoms with van der Waals surface area (Å²) in [5.41, 5.74) is 0. The van der Waals surface area contributed by atoms with Crippen LogP contribution in [0.2, 0.25) is 0 Å². The molecule has 0 bridgehead atoms. The second kappa shape index (κ2) is 11.4. The van der Waals surface area contributed by atoms with Gasteiger partial charge >= 0.3 is 0 Å². The standard InChI is InChI=1S/C21H38N6O/c1-3-22-21(23-9-14-26-11-7-10-25(2)15-16-26)24-18-19(20-8-6-17-28-20)27-12-4-5-13-27/h6,8,17,19H,3-5,7,9-16,18H2,1-2H3,(H2,22,23,24). The molecule has 2 aliphatic rings. The van der Waals surface area contributed by atoms with Crippen LogP contribution in [0.1, 0.15) is 38.0 Å². The summed E-state index contributed by atoms with van der Waals surface area (Å²) in [6, 6.07) is 4.29. The fourth-order valence-corrected chi connectivity index (χ4v) is 4.10. The number of hydrogen-bond donors (Lipinski definition) is 2. The van der Waals surface area contributed by atoms with Gasteiger partial charge in [0.05, 0.1) is 18.8 Å². The number of nitrogens with one attached hydrogen (secondary N) is 2. The molecule has 0 amide bonds. The molecule has 158 valence electrons. The maximum Gasteiger partial charge on any atom is 0.191 e. The summed E-state index contributed by atoms with van der Waals surface area (Å²) in [6.07, 6.45) is 5.56. The maximum absolute atomic E-state index is 5.72. The van der Waals surface area contributed by atoms with Crippen LogP contribution in [0.25, 0.3) is 0 Å². The summed E-state index contributed by atoms with van der Waals surface area (Å²) < 4.78 is 5.72. The van der Waals surface area contributed by atoms with Crippen molar-refractivity contribution in [3.63, 3.8) is 0 Å². The van der Waals surface area contributed by atoms with Gasteiger partial charge in [0, 0.05) is 32.7 Å². The first-order chi connectivity index (χ1) is 13.8. The molecule has 3 heterocycles. The second-order valence-corrected chi connectivity index (χ2v) is 7.92. The van der Waals surface area contributed by atoms with Gasteiger partial charge in [-0.15, -0.1) is 0 Å². The minimum Gasteiger partial charge on any atom is -0.468 e. The number of nitrogens with zero attached hydrogens (tertiary/aromatic N) is 4. The van der Waals surface area contributed by atoms with Gasteiger partial charge in [-0.2, -0.15) is 0 Å². The van der Waals surface area contributed by atoms with E-state index < -0.39 is 0 Å². The van der Waals surface area contributed by atoms with Crippen LogP contribution in [-0.4, -0.2) is 93.2 Å². The van der Waals surface area contributed by atoms with Crippen LogP contribution in [0.3, 0.4) is 0 Å². The highest BCUT2D eigenvalue weighted by molar-refractivity contribution is 5.79. The highest BCUT2D eigenvalue weighted by Gasteiger charge is 2.25. The number of aliphatic imine (C=N–C) groups is 1. The SMILES string of the molecule is CCNC(=NCC(c1ccco1)N1CCCC1)NCCN1CCCN(C)CC1. The molecule has 1 unspecified atom stereocenters. The zero-order chi connectivity index (χ0) is 19.6. The van der Waals surface area contributed by atoms with Crippen LogP contribution in [0.4, 0.5) is 0 Å². The number of hydrogen-bond acceptors (Lipinski definition) is 5. The van der Waals surface area contributed by atoms with Crippen molar-refractivity contribution in [1.82, 2.24) is 25.3 Å². The van der Waals surface area contributed by atoms with Crippen LogP contribution >= 0.6 is 0 Å². The molecule has 0 aromatic carbocycles. The van der Waals surface area contributed by atoms with Crippen molar-refractivity contribution in [2.75, 3.05) is 72.5 Å². The molecule has 3 rings (SSSR count). The van der Waals surface area contributed by atoms with E-state index in [4.69, 9.17) is 9.41 Å². The van der Waals surface area contributed by atoms with E-state index >= 15 is 0 Å². The first-order valence-corrected chi connectivity index (χ1v) is 11.0. The summed E-state index contributed by atoms with van der Waals surface area (Å²) in [4.78, 5) is 12.4. The lowest BCUT2D eigenvalue weighted by atomic mass is 10.2. The average molecular weight is 391 g/mol. The predicted molar refractivity (Wildman–Crippen MR) is 115 cm³/mol. The van der Waals surface area contributed by atoms with E-state index in [0.29, 0.717) is 0 Å². The quantitative estimate of drug-likeness (QED) is 0.520. The van der Waals surface area contributed by atoms with Gasteiger partial charge in [0.25, 0.3) is 0 Å². The van der Waals surface area contributed by atoms with E-state index in [-0.39, 0.29) is 6.04 Å². The topological polar surface area (TPSA) is 59.3 Å². The molecule has 1 aromatic heterocycles. The molecular weight excluding hydrogens is 352 g/mol. The molecule has 28 heavy (non-hydrogen) atoms. The summed E-state index contributed by atoms with van der Waals surface area (Å²) in [5.74, 6) is 1.93. The molecule has 0 aliphatic carbocycles. The minimum absolute atomic E-state index is 0.231. The number of likely N-dealkylation sites (tertiary alicyclic amines) is 1. The molecule has 7 heteroatoms. The first kappa shape index (κ1) is 21.1. The average Bonchev–Trinajstić information content (AvgIpc) is 3.37. The lowest BCUT2D eigenvalue weighted by molar-refractivity contribution is 0.221. The minimum atomic E-state index is 0.231. The molecule has 1 aromatic rings. The molecule has 7 nitrogen and oxygen atoms in total. The van der Waals surface area contributed by atoms with Gasteiger partial charge < -0.3 is 24.9 Å². The van der Waals surface area contributed by atoms with Crippen molar-refractivity contribution < 1.29 is 4.42 Å². The van der Waals surface area contributed by atoms with Gasteiger partial charge in [-0.3, -0.25) is 9.89 Å². The zero-order valence-electron chi connectivity index (χ0n) is 17.7. The summed E-state index contributed by atoms with van der Waals surface area (Å²) >= 11 is 0. The van der Waals surface area contributed by atoms with Gasteiger partial charge in [0.1, 0.15) is 5.76 Å². The van der Waals surface area contributed by atoms with Crippen LogP contribution in [0.5, 0.6) is 0 Å². The van der Waals surface area contributed by atoms with Crippen LogP contribution in [0.15, 0.2) is 27.8 Å². The third-order valence-electron chi connectivity index (χ3n) is 5.75. The van der Waals surface area contributed by atoms with Gasteiger partial charge in [-0.1, -0.05) is 0 Å². The van der Waals surface area contributed by atoms with E-state index in [2.05, 4.69) is 45.4 Å². The zero-order valence-corrected chi connectivity index (χ0v) is 17.7. The second-order valence-electron chi connectivity index (χ2n) is 7.92. The van der Waals surface area contributed by atoms with E-state index in [0.717, 1.165) is 64.1 Å². The molecule has 0 saturated carbocycles.